The lowest BCUT2D eigenvalue weighted by Crippen LogP contribution is -2.10. The third-order valence-corrected chi connectivity index (χ3v) is 5.16. The van der Waals surface area contributed by atoms with Gasteiger partial charge in [-0.3, -0.25) is 9.59 Å². The Morgan fingerprint density at radius 1 is 0.600 bits per heavy atom. The Morgan fingerprint density at radius 3 is 1.73 bits per heavy atom. The van der Waals surface area contributed by atoms with Gasteiger partial charge in [0.1, 0.15) is 12.6 Å². The summed E-state index contributed by atoms with van der Waals surface area (Å²) in [6, 6.07) is 31.9. The van der Waals surface area contributed by atoms with E-state index in [9.17, 15) is 9.59 Å². The third kappa shape index (κ3) is 3.91. The second-order valence-corrected chi connectivity index (χ2v) is 7.12. The van der Waals surface area contributed by atoms with Crippen LogP contribution in [0.3, 0.4) is 0 Å². The summed E-state index contributed by atoms with van der Waals surface area (Å²) in [6.07, 6.45) is 1.71. The van der Waals surface area contributed by atoms with E-state index in [1.807, 2.05) is 55.5 Å². The minimum atomic E-state index is 0.630. The van der Waals surface area contributed by atoms with Crippen molar-refractivity contribution in [3.63, 3.8) is 0 Å². The zero-order valence-corrected chi connectivity index (χ0v) is 16.7. The fourth-order valence-corrected chi connectivity index (χ4v) is 3.51. The Balaban J connectivity index is 1.79. The smallest absolute Gasteiger partial charge is 0.150 e. The van der Waals surface area contributed by atoms with Gasteiger partial charge < -0.3 is 4.90 Å². The van der Waals surface area contributed by atoms with E-state index in [0.29, 0.717) is 11.1 Å². The van der Waals surface area contributed by atoms with Gasteiger partial charge in [0.2, 0.25) is 0 Å². The molecule has 0 saturated carbocycles. The van der Waals surface area contributed by atoms with Crippen LogP contribution in [0.15, 0.2) is 97.1 Å². The first-order valence-electron chi connectivity index (χ1n) is 9.76. The molecule has 0 atom stereocenters. The molecule has 0 aromatic heterocycles. The summed E-state index contributed by atoms with van der Waals surface area (Å²) in [5, 5.41) is 0. The Hall–Kier alpha value is -3.98. The molecule has 0 unspecified atom stereocenters. The topological polar surface area (TPSA) is 37.4 Å². The lowest BCUT2D eigenvalue weighted by Gasteiger charge is -2.26. The van der Waals surface area contributed by atoms with Gasteiger partial charge in [-0.2, -0.15) is 0 Å². The van der Waals surface area contributed by atoms with Crippen LogP contribution in [0.1, 0.15) is 26.3 Å². The maximum absolute atomic E-state index is 11.2. The van der Waals surface area contributed by atoms with Gasteiger partial charge >= 0.3 is 0 Å². The van der Waals surface area contributed by atoms with E-state index in [2.05, 4.69) is 41.3 Å². The van der Waals surface area contributed by atoms with E-state index in [1.165, 1.54) is 0 Å². The van der Waals surface area contributed by atoms with Crippen molar-refractivity contribution in [2.45, 2.75) is 6.92 Å². The SMILES string of the molecule is Cc1cc(N(c2ccc(C=O)cc2)c2ccc(-c3ccccc3)cc2)ccc1C=O. The van der Waals surface area contributed by atoms with E-state index < -0.39 is 0 Å². The minimum Gasteiger partial charge on any atom is -0.310 e. The number of hydrogen-bond donors (Lipinski definition) is 0. The molecule has 30 heavy (non-hydrogen) atoms. The Kier molecular flexibility index (Phi) is 5.53. The molecule has 0 radical (unpaired) electrons. The van der Waals surface area contributed by atoms with E-state index in [4.69, 9.17) is 0 Å². The predicted octanol–water partition coefficient (Wildman–Crippen LogP) is 6.76. The predicted molar refractivity (Wildman–Crippen MR) is 122 cm³/mol. The van der Waals surface area contributed by atoms with Crippen molar-refractivity contribution in [1.82, 2.24) is 0 Å². The number of carbonyl (C=O) groups excluding carboxylic acids is 2. The summed E-state index contributed by atoms with van der Waals surface area (Å²) < 4.78 is 0. The fourth-order valence-electron chi connectivity index (χ4n) is 3.51. The number of carbonyl (C=O) groups is 2. The summed E-state index contributed by atoms with van der Waals surface area (Å²) in [5.74, 6) is 0. The van der Waals surface area contributed by atoms with E-state index in [1.54, 1.807) is 12.1 Å². The fraction of sp³-hybridized carbons (Fsp3) is 0.0370. The third-order valence-electron chi connectivity index (χ3n) is 5.16. The molecule has 0 aliphatic carbocycles. The van der Waals surface area contributed by atoms with Crippen LogP contribution in [-0.4, -0.2) is 12.6 Å². The number of benzene rings is 4. The first-order chi connectivity index (χ1) is 14.7. The monoisotopic (exact) mass is 391 g/mol. The van der Waals surface area contributed by atoms with Gasteiger partial charge in [0.05, 0.1) is 0 Å². The van der Waals surface area contributed by atoms with Gasteiger partial charge in [-0.1, -0.05) is 42.5 Å². The highest BCUT2D eigenvalue weighted by Gasteiger charge is 2.14. The number of anilines is 3. The van der Waals surface area contributed by atoms with Crippen LogP contribution in [0.2, 0.25) is 0 Å². The summed E-state index contributed by atoms with van der Waals surface area (Å²) in [5.41, 5.74) is 7.40. The summed E-state index contributed by atoms with van der Waals surface area (Å²) >= 11 is 0. The van der Waals surface area contributed by atoms with Crippen molar-refractivity contribution in [2.24, 2.45) is 0 Å². The highest BCUT2D eigenvalue weighted by molar-refractivity contribution is 5.84. The molecule has 4 aromatic rings. The van der Waals surface area contributed by atoms with Gasteiger partial charge in [-0.05, 0) is 78.2 Å². The second kappa shape index (κ2) is 8.58. The van der Waals surface area contributed by atoms with E-state index >= 15 is 0 Å². The molecule has 0 saturated heterocycles. The maximum atomic E-state index is 11.2. The zero-order valence-electron chi connectivity index (χ0n) is 16.7. The van der Waals surface area contributed by atoms with Gasteiger partial charge in [0.25, 0.3) is 0 Å². The molecule has 4 aromatic carbocycles. The van der Waals surface area contributed by atoms with Crippen LogP contribution in [0.5, 0.6) is 0 Å². The van der Waals surface area contributed by atoms with Gasteiger partial charge in [0, 0.05) is 28.2 Å². The second-order valence-electron chi connectivity index (χ2n) is 7.12. The van der Waals surface area contributed by atoms with Gasteiger partial charge in [-0.15, -0.1) is 0 Å². The first-order valence-corrected chi connectivity index (χ1v) is 9.76. The molecule has 0 fully saturated rings. The maximum Gasteiger partial charge on any atom is 0.150 e. The van der Waals surface area contributed by atoms with Crippen LogP contribution in [-0.2, 0) is 0 Å². The highest BCUT2D eigenvalue weighted by atomic mass is 16.1. The number of aryl methyl sites for hydroxylation is 1. The van der Waals surface area contributed by atoms with Crippen molar-refractivity contribution in [1.29, 1.82) is 0 Å². The molecule has 0 heterocycles. The van der Waals surface area contributed by atoms with Crippen LogP contribution in [0.25, 0.3) is 11.1 Å². The molecule has 0 amide bonds. The molecule has 4 rings (SSSR count). The largest absolute Gasteiger partial charge is 0.310 e. The lowest BCUT2D eigenvalue weighted by atomic mass is 10.0. The standard InChI is InChI=1S/C27H21NO2/c1-20-17-27(16-11-24(20)19-30)28(25-12-7-21(18-29)8-13-25)26-14-9-23(10-15-26)22-5-3-2-4-6-22/h2-19H,1H3. The van der Waals surface area contributed by atoms with Crippen LogP contribution in [0, 0.1) is 6.92 Å². The van der Waals surface area contributed by atoms with Crippen molar-refractivity contribution < 1.29 is 9.59 Å². The highest BCUT2D eigenvalue weighted by Crippen LogP contribution is 2.36. The first kappa shape index (κ1) is 19.3. The molecule has 0 aliphatic heterocycles. The molecule has 0 N–H and O–H groups in total. The van der Waals surface area contributed by atoms with E-state index in [-0.39, 0.29) is 0 Å². The van der Waals surface area contributed by atoms with Crippen LogP contribution >= 0.6 is 0 Å². The molecule has 3 heteroatoms. The number of rotatable bonds is 6. The van der Waals surface area contributed by atoms with Crippen LogP contribution < -0.4 is 4.90 Å². The van der Waals surface area contributed by atoms with Gasteiger partial charge in [0.15, 0.2) is 0 Å². The van der Waals surface area contributed by atoms with Gasteiger partial charge in [-0.25, -0.2) is 0 Å². The molecule has 146 valence electrons. The average molecular weight is 391 g/mol. The van der Waals surface area contributed by atoms with Crippen molar-refractivity contribution in [2.75, 3.05) is 4.90 Å². The van der Waals surface area contributed by atoms with E-state index in [0.717, 1.165) is 46.3 Å². The Bertz CT molecular complexity index is 1160. The van der Waals surface area contributed by atoms with Crippen molar-refractivity contribution in [3.8, 4) is 11.1 Å². The summed E-state index contributed by atoms with van der Waals surface area (Å²) in [4.78, 5) is 24.4. The normalized spacial score (nSPS) is 10.4. The molecule has 0 spiro atoms. The Labute approximate surface area is 176 Å². The molecule has 0 bridgehead atoms. The molecular formula is C27H21NO2. The number of hydrogen-bond acceptors (Lipinski definition) is 3. The van der Waals surface area contributed by atoms with Crippen molar-refractivity contribution >= 4 is 29.6 Å². The lowest BCUT2D eigenvalue weighted by molar-refractivity contribution is 0.111. The summed E-state index contributed by atoms with van der Waals surface area (Å²) in [6.45, 7) is 1.93. The Morgan fingerprint density at radius 2 is 1.17 bits per heavy atom. The number of aldehydes is 2. The molecular weight excluding hydrogens is 370 g/mol. The number of nitrogens with zero attached hydrogens (tertiary/aromatic N) is 1. The van der Waals surface area contributed by atoms with Crippen molar-refractivity contribution in [3.05, 3.63) is 114 Å². The summed E-state index contributed by atoms with van der Waals surface area (Å²) in [7, 11) is 0. The quantitative estimate of drug-likeness (QED) is 0.341. The molecule has 0 aliphatic rings. The zero-order chi connectivity index (χ0) is 20.9. The molecule has 3 nitrogen and oxygen atoms in total. The minimum absolute atomic E-state index is 0.630. The van der Waals surface area contributed by atoms with Crippen LogP contribution in [0.4, 0.5) is 17.1 Å². The average Bonchev–Trinajstić information content (AvgIpc) is 2.81.